The third kappa shape index (κ3) is 6.27. The Hall–Kier alpha value is -4.44. The van der Waals surface area contributed by atoms with Crippen molar-refractivity contribution < 1.29 is 13.9 Å². The molecule has 0 aliphatic carbocycles. The predicted octanol–water partition coefficient (Wildman–Crippen LogP) is 4.51. The van der Waals surface area contributed by atoms with Crippen LogP contribution in [0.1, 0.15) is 33.5 Å². The van der Waals surface area contributed by atoms with Gasteiger partial charge in [-0.2, -0.15) is 0 Å². The Morgan fingerprint density at radius 1 is 1.03 bits per heavy atom. The number of amides is 1. The normalized spacial score (nSPS) is 10.9. The minimum atomic E-state index is -0.285. The maximum Gasteiger partial charge on any atom is 0.273 e. The van der Waals surface area contributed by atoms with Crippen LogP contribution in [0.3, 0.4) is 0 Å². The molecule has 1 amide bonds. The number of hydrogen-bond acceptors (Lipinski definition) is 8. The van der Waals surface area contributed by atoms with Gasteiger partial charge in [-0.25, -0.2) is 4.98 Å². The summed E-state index contributed by atoms with van der Waals surface area (Å²) in [6.45, 7) is 0.460. The molecule has 0 bridgehead atoms. The van der Waals surface area contributed by atoms with Crippen molar-refractivity contribution in [2.75, 3.05) is 13.7 Å². The van der Waals surface area contributed by atoms with Gasteiger partial charge in [0.15, 0.2) is 10.9 Å². The first-order valence-electron chi connectivity index (χ1n) is 12.1. The number of aromatic nitrogens is 5. The van der Waals surface area contributed by atoms with Gasteiger partial charge in [0.25, 0.3) is 5.91 Å². The summed E-state index contributed by atoms with van der Waals surface area (Å²) in [6, 6.07) is 23.6. The maximum atomic E-state index is 12.5. The average molecular weight is 527 g/mol. The Kier molecular flexibility index (Phi) is 8.10. The summed E-state index contributed by atoms with van der Waals surface area (Å²) < 4.78 is 12.9. The van der Waals surface area contributed by atoms with Crippen molar-refractivity contribution >= 4 is 17.7 Å². The second-order valence-electron chi connectivity index (χ2n) is 8.34. The highest BCUT2D eigenvalue weighted by Gasteiger charge is 2.18. The van der Waals surface area contributed by atoms with Gasteiger partial charge in [-0.05, 0) is 42.0 Å². The first-order valence-corrected chi connectivity index (χ1v) is 13.1. The van der Waals surface area contributed by atoms with Gasteiger partial charge in [0.05, 0.1) is 12.9 Å². The van der Waals surface area contributed by atoms with Crippen LogP contribution in [0.5, 0.6) is 5.75 Å². The van der Waals surface area contributed by atoms with E-state index < -0.39 is 0 Å². The van der Waals surface area contributed by atoms with Gasteiger partial charge in [0.2, 0.25) is 5.89 Å². The lowest BCUT2D eigenvalue weighted by molar-refractivity contribution is 0.0949. The third-order valence-corrected chi connectivity index (χ3v) is 6.65. The minimum absolute atomic E-state index is 0.239. The molecular weight excluding hydrogens is 500 g/mol. The van der Waals surface area contributed by atoms with E-state index in [0.29, 0.717) is 36.2 Å². The van der Waals surface area contributed by atoms with Crippen LogP contribution in [0.25, 0.3) is 5.69 Å². The number of rotatable bonds is 11. The Balaban J connectivity index is 1.27. The van der Waals surface area contributed by atoms with Gasteiger partial charge in [-0.3, -0.25) is 14.3 Å². The van der Waals surface area contributed by atoms with Crippen LogP contribution >= 0.6 is 11.8 Å². The Labute approximate surface area is 224 Å². The Bertz CT molecular complexity index is 1470. The van der Waals surface area contributed by atoms with E-state index in [1.54, 1.807) is 13.3 Å². The van der Waals surface area contributed by atoms with Gasteiger partial charge in [0, 0.05) is 37.0 Å². The first-order chi connectivity index (χ1) is 18.7. The summed E-state index contributed by atoms with van der Waals surface area (Å²) in [4.78, 5) is 21.1. The maximum absolute atomic E-state index is 12.5. The number of thioether (sulfide) groups is 1. The van der Waals surface area contributed by atoms with Crippen molar-refractivity contribution in [1.82, 2.24) is 30.0 Å². The average Bonchev–Trinajstić information content (AvgIpc) is 3.60. The number of ether oxygens (including phenoxy) is 1. The van der Waals surface area contributed by atoms with E-state index >= 15 is 0 Å². The zero-order valence-corrected chi connectivity index (χ0v) is 21.6. The lowest BCUT2D eigenvalue weighted by Crippen LogP contribution is -2.26. The van der Waals surface area contributed by atoms with Crippen LogP contribution in [0.15, 0.2) is 94.8 Å². The number of nitrogens with zero attached hydrogens (tertiary/aromatic N) is 5. The largest absolute Gasteiger partial charge is 0.497 e. The molecule has 2 aromatic carbocycles. The van der Waals surface area contributed by atoms with Crippen molar-refractivity contribution in [2.24, 2.45) is 0 Å². The van der Waals surface area contributed by atoms with E-state index in [0.717, 1.165) is 28.5 Å². The number of hydrogen-bond donors (Lipinski definition) is 1. The smallest absolute Gasteiger partial charge is 0.273 e. The number of carbonyl (C=O) groups excluding carboxylic acids is 1. The predicted molar refractivity (Wildman–Crippen MR) is 143 cm³/mol. The molecule has 0 aliphatic heterocycles. The molecule has 3 aromatic heterocycles. The molecule has 0 saturated heterocycles. The molecule has 0 spiro atoms. The standard InChI is InChI=1S/C28H26N6O3S/c1-36-23-12-10-22(11-13-23)34-25(17-20-7-3-2-4-8-20)32-33-28(34)38-19-26-31-24(18-37-26)27(35)30-16-14-21-9-5-6-15-29-21/h2-13,15,18H,14,16-17,19H2,1H3,(H,30,35). The number of benzene rings is 2. The Morgan fingerprint density at radius 2 is 1.84 bits per heavy atom. The zero-order chi connectivity index (χ0) is 26.2. The second-order valence-corrected chi connectivity index (χ2v) is 9.28. The van der Waals surface area contributed by atoms with E-state index in [4.69, 9.17) is 9.15 Å². The van der Waals surface area contributed by atoms with Crippen LogP contribution < -0.4 is 10.1 Å². The highest BCUT2D eigenvalue weighted by Crippen LogP contribution is 2.27. The molecular formula is C28H26N6O3S. The number of pyridine rings is 1. The molecule has 0 fully saturated rings. The van der Waals surface area contributed by atoms with Crippen molar-refractivity contribution in [2.45, 2.75) is 23.8 Å². The topological polar surface area (TPSA) is 108 Å². The molecule has 5 rings (SSSR count). The molecule has 0 atom stereocenters. The number of carbonyl (C=O) groups is 1. The van der Waals surface area contributed by atoms with Crippen LogP contribution in [-0.4, -0.2) is 44.3 Å². The van der Waals surface area contributed by atoms with E-state index in [1.165, 1.54) is 18.0 Å². The van der Waals surface area contributed by atoms with Crippen molar-refractivity contribution in [1.29, 1.82) is 0 Å². The minimum Gasteiger partial charge on any atom is -0.497 e. The molecule has 5 aromatic rings. The van der Waals surface area contributed by atoms with Crippen molar-refractivity contribution in [3.8, 4) is 11.4 Å². The van der Waals surface area contributed by atoms with Crippen LogP contribution in [0.2, 0.25) is 0 Å². The molecule has 0 aliphatic rings. The van der Waals surface area contributed by atoms with E-state index in [-0.39, 0.29) is 11.6 Å². The first kappa shape index (κ1) is 25.2. The molecule has 3 heterocycles. The van der Waals surface area contributed by atoms with Crippen molar-refractivity contribution in [3.05, 3.63) is 114 Å². The lowest BCUT2D eigenvalue weighted by atomic mass is 10.1. The van der Waals surface area contributed by atoms with Gasteiger partial charge in [-0.15, -0.1) is 10.2 Å². The van der Waals surface area contributed by atoms with E-state index in [2.05, 4.69) is 37.6 Å². The van der Waals surface area contributed by atoms with Gasteiger partial charge >= 0.3 is 0 Å². The van der Waals surface area contributed by atoms with Crippen LogP contribution in [0.4, 0.5) is 0 Å². The molecule has 9 nitrogen and oxygen atoms in total. The SMILES string of the molecule is COc1ccc(-n2c(Cc3ccccc3)nnc2SCc2nc(C(=O)NCCc3ccccn3)co2)cc1. The number of nitrogens with one attached hydrogen (secondary N) is 1. The molecule has 0 radical (unpaired) electrons. The van der Waals surface area contributed by atoms with Gasteiger partial charge in [0.1, 0.15) is 17.8 Å². The Morgan fingerprint density at radius 3 is 2.61 bits per heavy atom. The summed E-state index contributed by atoms with van der Waals surface area (Å²) in [5.74, 6) is 2.11. The molecule has 192 valence electrons. The summed E-state index contributed by atoms with van der Waals surface area (Å²) >= 11 is 1.44. The fourth-order valence-electron chi connectivity index (χ4n) is 3.83. The van der Waals surface area contributed by atoms with Gasteiger partial charge < -0.3 is 14.5 Å². The van der Waals surface area contributed by atoms with Crippen LogP contribution in [-0.2, 0) is 18.6 Å². The molecule has 1 N–H and O–H groups in total. The lowest BCUT2D eigenvalue weighted by Gasteiger charge is -2.11. The number of oxazole rings is 1. The monoisotopic (exact) mass is 526 g/mol. The summed E-state index contributed by atoms with van der Waals surface area (Å²) in [5, 5.41) is 12.5. The third-order valence-electron chi connectivity index (χ3n) is 5.74. The fraction of sp³-hybridized carbons (Fsp3) is 0.179. The second kappa shape index (κ2) is 12.2. The summed E-state index contributed by atoms with van der Waals surface area (Å²) in [6.07, 6.45) is 4.38. The van der Waals surface area contributed by atoms with Crippen LogP contribution in [0, 0.1) is 0 Å². The summed E-state index contributed by atoms with van der Waals surface area (Å²) in [5.41, 5.74) is 3.21. The van der Waals surface area contributed by atoms with E-state index in [1.807, 2.05) is 65.2 Å². The van der Waals surface area contributed by atoms with E-state index in [9.17, 15) is 4.79 Å². The highest BCUT2D eigenvalue weighted by atomic mass is 32.2. The zero-order valence-electron chi connectivity index (χ0n) is 20.8. The fourth-order valence-corrected chi connectivity index (χ4v) is 4.65. The molecule has 0 unspecified atom stereocenters. The molecule has 10 heteroatoms. The number of methoxy groups -OCH3 is 1. The summed E-state index contributed by atoms with van der Waals surface area (Å²) in [7, 11) is 1.64. The quantitative estimate of drug-likeness (QED) is 0.251. The highest BCUT2D eigenvalue weighted by molar-refractivity contribution is 7.98. The van der Waals surface area contributed by atoms with Gasteiger partial charge in [-0.1, -0.05) is 48.2 Å². The van der Waals surface area contributed by atoms with Crippen molar-refractivity contribution in [3.63, 3.8) is 0 Å². The molecule has 0 saturated carbocycles. The molecule has 38 heavy (non-hydrogen) atoms.